The van der Waals surface area contributed by atoms with Crippen LogP contribution in [0.1, 0.15) is 29.8 Å². The third-order valence-electron chi connectivity index (χ3n) is 1.94. The first-order valence-corrected chi connectivity index (χ1v) is 4.69. The maximum Gasteiger partial charge on any atom is 0.341 e. The summed E-state index contributed by atoms with van der Waals surface area (Å²) in [6.45, 7) is 4.20. The number of esters is 1. The van der Waals surface area contributed by atoms with Gasteiger partial charge in [-0.3, -0.25) is 0 Å². The van der Waals surface area contributed by atoms with E-state index in [0.29, 0.717) is 6.07 Å². The number of carbonyl (C=O) groups is 1. The zero-order valence-electron chi connectivity index (χ0n) is 9.11. The Balaban J connectivity index is 3.20. The van der Waals surface area contributed by atoms with Gasteiger partial charge in [0, 0.05) is 5.56 Å². The molecule has 0 amide bonds. The number of hydrogen-bond acceptors (Lipinski definition) is 2. The summed E-state index contributed by atoms with van der Waals surface area (Å²) in [4.78, 5) is 11.3. The van der Waals surface area contributed by atoms with Crippen molar-refractivity contribution in [2.45, 2.75) is 26.9 Å². The van der Waals surface area contributed by atoms with Gasteiger partial charge in [0.25, 0.3) is 0 Å². The van der Waals surface area contributed by atoms with Crippen LogP contribution in [0.2, 0.25) is 0 Å². The predicted octanol–water partition coefficient (Wildman–Crippen LogP) is 2.98. The van der Waals surface area contributed by atoms with Crippen LogP contribution in [0.5, 0.6) is 0 Å². The Labute approximate surface area is 91.0 Å². The topological polar surface area (TPSA) is 26.3 Å². The van der Waals surface area contributed by atoms with Crippen LogP contribution >= 0.6 is 0 Å². The second-order valence-electron chi connectivity index (χ2n) is 3.61. The highest BCUT2D eigenvalue weighted by Gasteiger charge is 2.21. The summed E-state index contributed by atoms with van der Waals surface area (Å²) < 4.78 is 44.0. The van der Waals surface area contributed by atoms with E-state index in [0.717, 1.165) is 6.92 Å². The normalized spacial score (nSPS) is 10.7. The van der Waals surface area contributed by atoms with Gasteiger partial charge < -0.3 is 4.74 Å². The second-order valence-corrected chi connectivity index (χ2v) is 3.61. The van der Waals surface area contributed by atoms with E-state index in [9.17, 15) is 18.0 Å². The molecule has 0 bridgehead atoms. The summed E-state index contributed by atoms with van der Waals surface area (Å²) >= 11 is 0. The zero-order valence-corrected chi connectivity index (χ0v) is 9.11. The molecule has 0 saturated heterocycles. The Hall–Kier alpha value is -1.52. The highest BCUT2D eigenvalue weighted by atomic mass is 19.2. The van der Waals surface area contributed by atoms with Gasteiger partial charge in [0.05, 0.1) is 11.7 Å². The third-order valence-corrected chi connectivity index (χ3v) is 1.94. The zero-order chi connectivity index (χ0) is 12.5. The molecule has 0 aliphatic carbocycles. The van der Waals surface area contributed by atoms with E-state index in [2.05, 4.69) is 0 Å². The lowest BCUT2D eigenvalue weighted by Crippen LogP contribution is -2.15. The van der Waals surface area contributed by atoms with E-state index in [4.69, 9.17) is 4.74 Å². The van der Waals surface area contributed by atoms with Gasteiger partial charge in [-0.25, -0.2) is 18.0 Å². The summed E-state index contributed by atoms with van der Waals surface area (Å²) in [6.07, 6.45) is -0.458. The predicted molar refractivity (Wildman–Crippen MR) is 51.6 cm³/mol. The smallest absolute Gasteiger partial charge is 0.341 e. The van der Waals surface area contributed by atoms with Gasteiger partial charge in [0.1, 0.15) is 5.82 Å². The lowest BCUT2D eigenvalue weighted by atomic mass is 10.1. The van der Waals surface area contributed by atoms with Gasteiger partial charge in [0.2, 0.25) is 0 Å². The molecule has 0 aromatic heterocycles. The Morgan fingerprint density at radius 1 is 1.25 bits per heavy atom. The van der Waals surface area contributed by atoms with Gasteiger partial charge in [-0.15, -0.1) is 0 Å². The first-order valence-electron chi connectivity index (χ1n) is 4.69. The van der Waals surface area contributed by atoms with Gasteiger partial charge in [0.15, 0.2) is 11.6 Å². The molecule has 0 aliphatic rings. The molecule has 1 rings (SSSR count). The molecule has 5 heteroatoms. The maximum absolute atomic E-state index is 13.4. The van der Waals surface area contributed by atoms with Crippen molar-refractivity contribution in [1.29, 1.82) is 0 Å². The molecule has 0 N–H and O–H groups in total. The van der Waals surface area contributed by atoms with Gasteiger partial charge in [-0.05, 0) is 26.8 Å². The maximum atomic E-state index is 13.4. The van der Waals surface area contributed by atoms with Crippen molar-refractivity contribution in [3.8, 4) is 0 Å². The van der Waals surface area contributed by atoms with Crippen molar-refractivity contribution in [3.63, 3.8) is 0 Å². The van der Waals surface area contributed by atoms with Crippen LogP contribution in [0.15, 0.2) is 6.07 Å². The molecular formula is C11H11F3O2. The van der Waals surface area contributed by atoms with Crippen LogP contribution in [0.4, 0.5) is 13.2 Å². The van der Waals surface area contributed by atoms with Gasteiger partial charge >= 0.3 is 5.97 Å². The fraction of sp³-hybridized carbons (Fsp3) is 0.364. The van der Waals surface area contributed by atoms with Crippen molar-refractivity contribution in [2.75, 3.05) is 0 Å². The molecule has 88 valence electrons. The molecule has 0 spiro atoms. The van der Waals surface area contributed by atoms with E-state index in [1.54, 1.807) is 13.8 Å². The Bertz CT molecular complexity index is 428. The Morgan fingerprint density at radius 2 is 1.81 bits per heavy atom. The van der Waals surface area contributed by atoms with Crippen LogP contribution in [-0.4, -0.2) is 12.1 Å². The van der Waals surface area contributed by atoms with Crippen molar-refractivity contribution in [3.05, 3.63) is 34.6 Å². The molecule has 16 heavy (non-hydrogen) atoms. The minimum absolute atomic E-state index is 0.458. The van der Waals surface area contributed by atoms with E-state index in [1.807, 2.05) is 0 Å². The SMILES string of the molecule is Cc1c(F)c(F)cc(C(=O)OC(C)C)c1F. The van der Waals surface area contributed by atoms with E-state index < -0.39 is 40.7 Å². The first kappa shape index (κ1) is 12.5. The van der Waals surface area contributed by atoms with Crippen molar-refractivity contribution in [2.24, 2.45) is 0 Å². The van der Waals surface area contributed by atoms with E-state index >= 15 is 0 Å². The monoisotopic (exact) mass is 232 g/mol. The number of rotatable bonds is 2. The summed E-state index contributed by atoms with van der Waals surface area (Å²) in [6, 6.07) is 0.502. The third kappa shape index (κ3) is 2.35. The number of benzene rings is 1. The standard InChI is InChI=1S/C11H11F3O2/c1-5(2)16-11(15)7-4-8(12)10(14)6(3)9(7)13/h4-5H,1-3H3. The van der Waals surface area contributed by atoms with Crippen LogP contribution in [0.3, 0.4) is 0 Å². The van der Waals surface area contributed by atoms with Crippen molar-refractivity contribution < 1.29 is 22.7 Å². The molecule has 1 aromatic rings. The minimum Gasteiger partial charge on any atom is -0.459 e. The van der Waals surface area contributed by atoms with Crippen molar-refractivity contribution in [1.82, 2.24) is 0 Å². The average molecular weight is 232 g/mol. The van der Waals surface area contributed by atoms with Gasteiger partial charge in [-0.2, -0.15) is 0 Å². The minimum atomic E-state index is -1.29. The van der Waals surface area contributed by atoms with Crippen LogP contribution < -0.4 is 0 Å². The highest BCUT2D eigenvalue weighted by Crippen LogP contribution is 2.20. The number of hydrogen-bond donors (Lipinski definition) is 0. The molecule has 0 heterocycles. The fourth-order valence-corrected chi connectivity index (χ4v) is 1.16. The molecule has 1 aromatic carbocycles. The molecule has 0 radical (unpaired) electrons. The molecular weight excluding hydrogens is 221 g/mol. The fourth-order valence-electron chi connectivity index (χ4n) is 1.16. The second kappa shape index (κ2) is 4.55. The summed E-state index contributed by atoms with van der Waals surface area (Å²) in [5, 5.41) is 0. The lowest BCUT2D eigenvalue weighted by molar-refractivity contribution is 0.0371. The number of carbonyl (C=O) groups excluding carboxylic acids is 1. The number of ether oxygens (including phenoxy) is 1. The van der Waals surface area contributed by atoms with Crippen LogP contribution in [0.25, 0.3) is 0 Å². The molecule has 0 aliphatic heterocycles. The quantitative estimate of drug-likeness (QED) is 0.578. The Kier molecular flexibility index (Phi) is 3.57. The molecule has 0 fully saturated rings. The summed E-state index contributed by atoms with van der Waals surface area (Å²) in [5.74, 6) is -4.66. The number of halogens is 3. The molecule has 0 atom stereocenters. The van der Waals surface area contributed by atoms with E-state index in [1.165, 1.54) is 0 Å². The average Bonchev–Trinajstić information content (AvgIpc) is 2.19. The van der Waals surface area contributed by atoms with E-state index in [-0.39, 0.29) is 0 Å². The van der Waals surface area contributed by atoms with Crippen LogP contribution in [0, 0.1) is 24.4 Å². The molecule has 0 unspecified atom stereocenters. The largest absolute Gasteiger partial charge is 0.459 e. The lowest BCUT2D eigenvalue weighted by Gasteiger charge is -2.10. The summed E-state index contributed by atoms with van der Waals surface area (Å²) in [5.41, 5.74) is -1.12. The molecule has 2 nitrogen and oxygen atoms in total. The highest BCUT2D eigenvalue weighted by molar-refractivity contribution is 5.90. The van der Waals surface area contributed by atoms with Crippen molar-refractivity contribution >= 4 is 5.97 Å². The Morgan fingerprint density at radius 3 is 2.31 bits per heavy atom. The van der Waals surface area contributed by atoms with Gasteiger partial charge in [-0.1, -0.05) is 0 Å². The first-order chi connectivity index (χ1) is 7.34. The van der Waals surface area contributed by atoms with Crippen LogP contribution in [-0.2, 0) is 4.74 Å². The summed E-state index contributed by atoms with van der Waals surface area (Å²) in [7, 11) is 0. The molecule has 0 saturated carbocycles.